The van der Waals surface area contributed by atoms with Crippen molar-refractivity contribution in [2.45, 2.75) is 45.2 Å². The molecule has 0 bridgehead atoms. The van der Waals surface area contributed by atoms with Crippen LogP contribution in [0.15, 0.2) is 36.4 Å². The summed E-state index contributed by atoms with van der Waals surface area (Å²) in [5.41, 5.74) is 0.881. The number of rotatable bonds is 9. The summed E-state index contributed by atoms with van der Waals surface area (Å²) in [5.74, 6) is -0.974. The SMILES string of the molecule is CC(C)CC(NC(=O)/C=C/c1ccccc1)C(=O)NC(C#N)CC1CCNC1=O. The van der Waals surface area contributed by atoms with Crippen LogP contribution in [0.4, 0.5) is 0 Å². The topological polar surface area (TPSA) is 111 Å². The first-order chi connectivity index (χ1) is 13.9. The van der Waals surface area contributed by atoms with Crippen LogP contribution in [-0.4, -0.2) is 36.3 Å². The zero-order valence-corrected chi connectivity index (χ0v) is 16.9. The maximum Gasteiger partial charge on any atom is 0.244 e. The molecule has 0 saturated carbocycles. The van der Waals surface area contributed by atoms with Crippen LogP contribution in [-0.2, 0) is 14.4 Å². The molecule has 0 spiro atoms. The maximum absolute atomic E-state index is 12.7. The lowest BCUT2D eigenvalue weighted by Crippen LogP contribution is -2.50. The van der Waals surface area contributed by atoms with Crippen LogP contribution in [0, 0.1) is 23.2 Å². The van der Waals surface area contributed by atoms with E-state index in [4.69, 9.17) is 0 Å². The standard InChI is InChI=1S/C22H28N4O3/c1-15(2)12-19(26-20(27)9-8-16-6-4-3-5-7-16)22(29)25-18(14-23)13-17-10-11-24-21(17)28/h3-9,15,17-19H,10-13H2,1-2H3,(H,24,28)(H,25,29)(H,26,27)/b9-8+. The van der Waals surface area contributed by atoms with Crippen molar-refractivity contribution in [1.29, 1.82) is 5.26 Å². The molecule has 3 amide bonds. The molecule has 7 heteroatoms. The summed E-state index contributed by atoms with van der Waals surface area (Å²) < 4.78 is 0. The Bertz CT molecular complexity index is 783. The van der Waals surface area contributed by atoms with E-state index in [1.807, 2.05) is 50.2 Å². The van der Waals surface area contributed by atoms with Crippen molar-refractivity contribution in [3.8, 4) is 6.07 Å². The molecule has 1 saturated heterocycles. The molecular weight excluding hydrogens is 368 g/mol. The Balaban J connectivity index is 1.97. The van der Waals surface area contributed by atoms with Gasteiger partial charge < -0.3 is 16.0 Å². The Kier molecular flexibility index (Phi) is 8.41. The molecule has 3 N–H and O–H groups in total. The molecule has 2 rings (SSSR count). The molecule has 1 aromatic carbocycles. The fourth-order valence-electron chi connectivity index (χ4n) is 3.23. The first kappa shape index (κ1) is 22.2. The Labute approximate surface area is 171 Å². The molecule has 0 radical (unpaired) electrons. The lowest BCUT2D eigenvalue weighted by atomic mass is 9.98. The van der Waals surface area contributed by atoms with E-state index in [1.165, 1.54) is 6.08 Å². The Morgan fingerprint density at radius 2 is 2.00 bits per heavy atom. The van der Waals surface area contributed by atoms with Gasteiger partial charge in [-0.1, -0.05) is 44.2 Å². The molecule has 3 atom stereocenters. The summed E-state index contributed by atoms with van der Waals surface area (Å²) in [6.07, 6.45) is 4.43. The van der Waals surface area contributed by atoms with Crippen LogP contribution in [0.25, 0.3) is 6.08 Å². The van der Waals surface area contributed by atoms with E-state index < -0.39 is 18.0 Å². The van der Waals surface area contributed by atoms with Gasteiger partial charge in [-0.3, -0.25) is 14.4 Å². The van der Waals surface area contributed by atoms with Gasteiger partial charge in [0.1, 0.15) is 12.1 Å². The number of benzene rings is 1. The molecule has 1 aromatic rings. The summed E-state index contributed by atoms with van der Waals surface area (Å²) >= 11 is 0. The van der Waals surface area contributed by atoms with Crippen molar-refractivity contribution in [1.82, 2.24) is 16.0 Å². The van der Waals surface area contributed by atoms with Gasteiger partial charge in [0.05, 0.1) is 6.07 Å². The predicted molar refractivity (Wildman–Crippen MR) is 110 cm³/mol. The van der Waals surface area contributed by atoms with Gasteiger partial charge in [0, 0.05) is 18.5 Å². The summed E-state index contributed by atoms with van der Waals surface area (Å²) in [7, 11) is 0. The highest BCUT2D eigenvalue weighted by Crippen LogP contribution is 2.16. The van der Waals surface area contributed by atoms with E-state index in [1.54, 1.807) is 6.08 Å². The van der Waals surface area contributed by atoms with Gasteiger partial charge in [0.15, 0.2) is 0 Å². The van der Waals surface area contributed by atoms with E-state index in [2.05, 4.69) is 16.0 Å². The average Bonchev–Trinajstić information content (AvgIpc) is 3.10. The van der Waals surface area contributed by atoms with Crippen LogP contribution in [0.5, 0.6) is 0 Å². The summed E-state index contributed by atoms with van der Waals surface area (Å²) in [5, 5.41) is 17.5. The average molecular weight is 396 g/mol. The second kappa shape index (κ2) is 11.0. The highest BCUT2D eigenvalue weighted by molar-refractivity contribution is 5.95. The minimum absolute atomic E-state index is 0.0856. The highest BCUT2D eigenvalue weighted by Gasteiger charge is 2.29. The van der Waals surface area contributed by atoms with Gasteiger partial charge in [-0.25, -0.2) is 0 Å². The molecule has 1 heterocycles. The van der Waals surface area contributed by atoms with Gasteiger partial charge in [0.2, 0.25) is 17.7 Å². The smallest absolute Gasteiger partial charge is 0.244 e. The molecule has 3 unspecified atom stereocenters. The predicted octanol–water partition coefficient (Wildman–Crippen LogP) is 1.77. The minimum Gasteiger partial charge on any atom is -0.356 e. The van der Waals surface area contributed by atoms with E-state index in [0.717, 1.165) is 5.56 Å². The minimum atomic E-state index is -0.775. The van der Waals surface area contributed by atoms with Crippen molar-refractivity contribution in [3.05, 3.63) is 42.0 Å². The first-order valence-electron chi connectivity index (χ1n) is 9.90. The van der Waals surface area contributed by atoms with Crippen molar-refractivity contribution >= 4 is 23.8 Å². The van der Waals surface area contributed by atoms with Crippen molar-refractivity contribution in [2.75, 3.05) is 6.54 Å². The normalized spacial score (nSPS) is 18.1. The third-order valence-corrected chi connectivity index (χ3v) is 4.72. The zero-order valence-electron chi connectivity index (χ0n) is 16.9. The number of hydrogen-bond acceptors (Lipinski definition) is 4. The lowest BCUT2D eigenvalue weighted by molar-refractivity contribution is -0.128. The molecule has 1 aliphatic heterocycles. The van der Waals surface area contributed by atoms with Crippen LogP contribution in [0.3, 0.4) is 0 Å². The molecule has 154 valence electrons. The first-order valence-corrected chi connectivity index (χ1v) is 9.90. The molecule has 1 fully saturated rings. The van der Waals surface area contributed by atoms with Crippen molar-refractivity contribution in [3.63, 3.8) is 0 Å². The quantitative estimate of drug-likeness (QED) is 0.552. The second-order valence-electron chi connectivity index (χ2n) is 7.64. The van der Waals surface area contributed by atoms with Crippen molar-refractivity contribution in [2.24, 2.45) is 11.8 Å². The fourth-order valence-corrected chi connectivity index (χ4v) is 3.23. The molecule has 0 aliphatic carbocycles. The van der Waals surface area contributed by atoms with Gasteiger partial charge in [-0.2, -0.15) is 5.26 Å². The van der Waals surface area contributed by atoms with E-state index >= 15 is 0 Å². The number of nitrogens with one attached hydrogen (secondary N) is 3. The highest BCUT2D eigenvalue weighted by atomic mass is 16.2. The van der Waals surface area contributed by atoms with Gasteiger partial charge in [0.25, 0.3) is 0 Å². The van der Waals surface area contributed by atoms with Gasteiger partial charge in [-0.05, 0) is 36.8 Å². The molecule has 1 aliphatic rings. The number of nitriles is 1. The number of carbonyl (C=O) groups is 3. The third kappa shape index (κ3) is 7.41. The van der Waals surface area contributed by atoms with Gasteiger partial charge in [-0.15, -0.1) is 0 Å². The second-order valence-corrected chi connectivity index (χ2v) is 7.64. The van der Waals surface area contributed by atoms with Gasteiger partial charge >= 0.3 is 0 Å². The molecular formula is C22H28N4O3. The number of amides is 3. The molecule has 7 nitrogen and oxygen atoms in total. The summed E-state index contributed by atoms with van der Waals surface area (Å²) in [6.45, 7) is 4.50. The summed E-state index contributed by atoms with van der Waals surface area (Å²) in [4.78, 5) is 36.7. The lowest BCUT2D eigenvalue weighted by Gasteiger charge is -2.22. The van der Waals surface area contributed by atoms with Crippen LogP contribution < -0.4 is 16.0 Å². The van der Waals surface area contributed by atoms with Crippen molar-refractivity contribution < 1.29 is 14.4 Å². The fraction of sp³-hybridized carbons (Fsp3) is 0.455. The molecule has 0 aromatic heterocycles. The largest absolute Gasteiger partial charge is 0.356 e. The summed E-state index contributed by atoms with van der Waals surface area (Å²) in [6, 6.07) is 9.91. The van der Waals surface area contributed by atoms with E-state index in [0.29, 0.717) is 19.4 Å². The Morgan fingerprint density at radius 3 is 2.59 bits per heavy atom. The maximum atomic E-state index is 12.7. The number of hydrogen-bond donors (Lipinski definition) is 3. The van der Waals surface area contributed by atoms with E-state index in [-0.39, 0.29) is 30.1 Å². The number of carbonyl (C=O) groups excluding carboxylic acids is 3. The number of nitrogens with zero attached hydrogens (tertiary/aromatic N) is 1. The van der Waals surface area contributed by atoms with E-state index in [9.17, 15) is 19.6 Å². The van der Waals surface area contributed by atoms with Crippen LogP contribution in [0.2, 0.25) is 0 Å². The van der Waals surface area contributed by atoms with Crippen LogP contribution in [0.1, 0.15) is 38.7 Å². The van der Waals surface area contributed by atoms with Crippen LogP contribution >= 0.6 is 0 Å². The zero-order chi connectivity index (χ0) is 21.2. The Hall–Kier alpha value is -3.14. The third-order valence-electron chi connectivity index (χ3n) is 4.72. The molecule has 29 heavy (non-hydrogen) atoms. The Morgan fingerprint density at radius 1 is 1.28 bits per heavy atom. The monoisotopic (exact) mass is 396 g/mol.